The van der Waals surface area contributed by atoms with Gasteiger partial charge < -0.3 is 9.15 Å². The number of rotatable bonds is 4. The number of amides is 1. The molecule has 3 N–H and O–H groups in total. The van der Waals surface area contributed by atoms with E-state index in [1.54, 1.807) is 6.07 Å². The smallest absolute Gasteiger partial charge is 0.300 e. The van der Waals surface area contributed by atoms with E-state index in [9.17, 15) is 4.79 Å². The number of furan rings is 1. The number of nitrogen functional groups attached to an aromatic ring is 1. The third-order valence-electron chi connectivity index (χ3n) is 2.36. The van der Waals surface area contributed by atoms with Crippen LogP contribution in [0.4, 0.5) is 0 Å². The summed E-state index contributed by atoms with van der Waals surface area (Å²) < 4.78 is 10.7. The lowest BCUT2D eigenvalue weighted by Gasteiger charge is -2.07. The van der Waals surface area contributed by atoms with Crippen LogP contribution in [0.5, 0.6) is 5.75 Å². The Morgan fingerprint density at radius 2 is 1.90 bits per heavy atom. The number of hydrogen-bond acceptors (Lipinski definition) is 4. The van der Waals surface area contributed by atoms with Crippen molar-refractivity contribution in [2.24, 2.45) is 5.84 Å². The third-order valence-corrected chi connectivity index (χ3v) is 3.38. The van der Waals surface area contributed by atoms with E-state index in [0.29, 0.717) is 26.6 Å². The average Bonchev–Trinajstić information content (AvgIpc) is 2.89. The molecular formula is C12H9Cl3N2O3. The lowest BCUT2D eigenvalue weighted by Crippen LogP contribution is -2.29. The maximum atomic E-state index is 11.2. The molecule has 2 rings (SSSR count). The van der Waals surface area contributed by atoms with Crippen LogP contribution >= 0.6 is 34.8 Å². The fraction of sp³-hybridized carbons (Fsp3) is 0.0833. The highest BCUT2D eigenvalue weighted by atomic mass is 35.5. The van der Waals surface area contributed by atoms with Crippen molar-refractivity contribution >= 4 is 40.7 Å². The Bertz CT molecular complexity index is 643. The number of nitrogens with two attached hydrogens (primary N) is 1. The molecule has 5 nitrogen and oxygen atoms in total. The molecule has 0 saturated heterocycles. The maximum absolute atomic E-state index is 11.2. The first-order valence-electron chi connectivity index (χ1n) is 5.38. The van der Waals surface area contributed by atoms with Crippen molar-refractivity contribution in [3.8, 4) is 5.75 Å². The summed E-state index contributed by atoms with van der Waals surface area (Å²) in [6.07, 6.45) is 0. The van der Waals surface area contributed by atoms with Crippen LogP contribution in [0.2, 0.25) is 15.1 Å². The number of benzene rings is 1. The minimum Gasteiger partial charge on any atom is -0.484 e. The molecule has 0 bridgehead atoms. The van der Waals surface area contributed by atoms with Gasteiger partial charge in [-0.2, -0.15) is 0 Å². The zero-order valence-electron chi connectivity index (χ0n) is 9.95. The number of hydrazine groups is 1. The van der Waals surface area contributed by atoms with E-state index in [1.165, 1.54) is 18.2 Å². The summed E-state index contributed by atoms with van der Waals surface area (Å²) in [5.41, 5.74) is 1.96. The maximum Gasteiger partial charge on any atom is 0.300 e. The van der Waals surface area contributed by atoms with Gasteiger partial charge in [0, 0.05) is 6.07 Å². The van der Waals surface area contributed by atoms with Crippen molar-refractivity contribution < 1.29 is 13.9 Å². The molecule has 0 aliphatic rings. The zero-order valence-corrected chi connectivity index (χ0v) is 12.2. The Labute approximate surface area is 129 Å². The molecule has 0 unspecified atom stereocenters. The SMILES string of the molecule is NNC(=O)c1ccc(COc2cc(Cl)c(Cl)cc2Cl)o1. The highest BCUT2D eigenvalue weighted by Gasteiger charge is 2.11. The van der Waals surface area contributed by atoms with Crippen molar-refractivity contribution in [1.82, 2.24) is 5.43 Å². The molecule has 106 valence electrons. The minimum absolute atomic E-state index is 0.0789. The highest BCUT2D eigenvalue weighted by molar-refractivity contribution is 6.43. The molecular weight excluding hydrogens is 327 g/mol. The van der Waals surface area contributed by atoms with Gasteiger partial charge in [0.25, 0.3) is 0 Å². The van der Waals surface area contributed by atoms with Gasteiger partial charge in [0.1, 0.15) is 18.1 Å². The Morgan fingerprint density at radius 1 is 1.20 bits per heavy atom. The summed E-state index contributed by atoms with van der Waals surface area (Å²) in [5, 5.41) is 0.989. The largest absolute Gasteiger partial charge is 0.484 e. The zero-order chi connectivity index (χ0) is 14.7. The monoisotopic (exact) mass is 334 g/mol. The van der Waals surface area contributed by atoms with Crippen LogP contribution in [0.3, 0.4) is 0 Å². The van der Waals surface area contributed by atoms with E-state index in [2.05, 4.69) is 0 Å². The van der Waals surface area contributed by atoms with Gasteiger partial charge in [-0.05, 0) is 18.2 Å². The van der Waals surface area contributed by atoms with Gasteiger partial charge in [0.05, 0.1) is 15.1 Å². The second kappa shape index (κ2) is 6.37. The second-order valence-corrected chi connectivity index (χ2v) is 4.95. The molecule has 1 amide bonds. The number of carbonyl (C=O) groups is 1. The number of halogens is 3. The first-order chi connectivity index (χ1) is 9.51. The Morgan fingerprint density at radius 3 is 2.60 bits per heavy atom. The van der Waals surface area contributed by atoms with Crippen LogP contribution in [0.25, 0.3) is 0 Å². The van der Waals surface area contributed by atoms with Gasteiger partial charge >= 0.3 is 5.91 Å². The molecule has 1 heterocycles. The summed E-state index contributed by atoms with van der Waals surface area (Å²) >= 11 is 17.6. The van der Waals surface area contributed by atoms with Crippen molar-refractivity contribution in [3.63, 3.8) is 0 Å². The number of ether oxygens (including phenoxy) is 1. The standard InChI is InChI=1S/C12H9Cl3N2O3/c13-7-3-9(15)11(4-8(7)14)19-5-6-1-2-10(20-6)12(18)17-16/h1-4H,5,16H2,(H,17,18). The predicted octanol–water partition coefficient (Wildman–Crippen LogP) is 3.42. The van der Waals surface area contributed by atoms with Gasteiger partial charge in [-0.1, -0.05) is 34.8 Å². The van der Waals surface area contributed by atoms with Crippen LogP contribution in [-0.2, 0) is 6.61 Å². The van der Waals surface area contributed by atoms with Gasteiger partial charge in [-0.15, -0.1) is 0 Å². The second-order valence-electron chi connectivity index (χ2n) is 3.72. The predicted molar refractivity (Wildman–Crippen MR) is 76.2 cm³/mol. The summed E-state index contributed by atoms with van der Waals surface area (Å²) in [6.45, 7) is 0.0789. The topological polar surface area (TPSA) is 77.5 Å². The number of carbonyl (C=O) groups excluding carboxylic acids is 1. The Kier molecular flexibility index (Phi) is 4.77. The first-order valence-corrected chi connectivity index (χ1v) is 6.51. The summed E-state index contributed by atoms with van der Waals surface area (Å²) in [7, 11) is 0. The molecule has 0 spiro atoms. The van der Waals surface area contributed by atoms with E-state index in [1.807, 2.05) is 5.43 Å². The van der Waals surface area contributed by atoms with Gasteiger partial charge in [-0.25, -0.2) is 5.84 Å². The minimum atomic E-state index is -0.524. The molecule has 0 atom stereocenters. The normalized spacial score (nSPS) is 10.4. The molecule has 0 aliphatic heterocycles. The van der Waals surface area contributed by atoms with Gasteiger partial charge in [-0.3, -0.25) is 10.2 Å². The van der Waals surface area contributed by atoms with Crippen molar-refractivity contribution in [2.75, 3.05) is 0 Å². The third kappa shape index (κ3) is 3.37. The van der Waals surface area contributed by atoms with Gasteiger partial charge in [0.2, 0.25) is 0 Å². The highest BCUT2D eigenvalue weighted by Crippen LogP contribution is 2.34. The molecule has 0 fully saturated rings. The quantitative estimate of drug-likeness (QED) is 0.388. The van der Waals surface area contributed by atoms with E-state index < -0.39 is 5.91 Å². The van der Waals surface area contributed by atoms with Crippen molar-refractivity contribution in [2.45, 2.75) is 6.61 Å². The average molecular weight is 336 g/mol. The van der Waals surface area contributed by atoms with E-state index >= 15 is 0 Å². The number of nitrogens with one attached hydrogen (secondary N) is 1. The summed E-state index contributed by atoms with van der Waals surface area (Å²) in [4.78, 5) is 11.2. The molecule has 20 heavy (non-hydrogen) atoms. The molecule has 0 aliphatic carbocycles. The van der Waals surface area contributed by atoms with E-state index in [0.717, 1.165) is 0 Å². The van der Waals surface area contributed by atoms with Crippen LogP contribution < -0.4 is 16.0 Å². The van der Waals surface area contributed by atoms with Crippen molar-refractivity contribution in [3.05, 3.63) is 50.9 Å². The lowest BCUT2D eigenvalue weighted by atomic mass is 10.3. The van der Waals surface area contributed by atoms with Gasteiger partial charge in [0.15, 0.2) is 5.76 Å². The molecule has 0 radical (unpaired) electrons. The Hall–Kier alpha value is -1.40. The molecule has 8 heteroatoms. The molecule has 1 aromatic carbocycles. The van der Waals surface area contributed by atoms with Crippen LogP contribution in [0.1, 0.15) is 16.3 Å². The molecule has 0 saturated carbocycles. The first kappa shape index (κ1) is 15.0. The molecule has 2 aromatic rings. The number of hydrogen-bond donors (Lipinski definition) is 2. The summed E-state index contributed by atoms with van der Waals surface area (Å²) in [5.74, 6) is 5.36. The van der Waals surface area contributed by atoms with Crippen LogP contribution in [0.15, 0.2) is 28.7 Å². The fourth-order valence-electron chi connectivity index (χ4n) is 1.41. The lowest BCUT2D eigenvalue weighted by molar-refractivity contribution is 0.0922. The fourth-order valence-corrected chi connectivity index (χ4v) is 2.00. The van der Waals surface area contributed by atoms with Crippen LogP contribution in [-0.4, -0.2) is 5.91 Å². The van der Waals surface area contributed by atoms with E-state index in [4.69, 9.17) is 49.8 Å². The van der Waals surface area contributed by atoms with Crippen molar-refractivity contribution in [1.29, 1.82) is 0 Å². The Balaban J connectivity index is 2.07. The van der Waals surface area contributed by atoms with E-state index in [-0.39, 0.29) is 12.4 Å². The summed E-state index contributed by atoms with van der Waals surface area (Å²) in [6, 6.07) is 6.06. The van der Waals surface area contributed by atoms with Crippen LogP contribution in [0, 0.1) is 0 Å². The molecule has 1 aromatic heterocycles.